The third-order valence-corrected chi connectivity index (χ3v) is 5.44. The van der Waals surface area contributed by atoms with Gasteiger partial charge in [0, 0.05) is 43.7 Å². The molecule has 1 aromatic heterocycles. The Labute approximate surface area is 132 Å². The van der Waals surface area contributed by atoms with Gasteiger partial charge in [-0.2, -0.15) is 13.2 Å². The van der Waals surface area contributed by atoms with Gasteiger partial charge in [-0.15, -0.1) is 11.8 Å². The minimum absolute atomic E-state index is 0.342. The SMILES string of the molecule is CC(C)N1CCN2c3ncc(C(F)(F)F)cc3SCC[C@H]2C1. The number of alkyl halides is 3. The number of halogens is 3. The van der Waals surface area contributed by atoms with E-state index in [-0.39, 0.29) is 0 Å². The van der Waals surface area contributed by atoms with E-state index in [0.717, 1.165) is 43.8 Å². The molecule has 22 heavy (non-hydrogen) atoms. The fourth-order valence-corrected chi connectivity index (χ4v) is 4.21. The predicted molar refractivity (Wildman–Crippen MR) is 82.4 cm³/mol. The monoisotopic (exact) mass is 331 g/mol. The number of piperazine rings is 1. The minimum Gasteiger partial charge on any atom is -0.350 e. The quantitative estimate of drug-likeness (QED) is 0.784. The Morgan fingerprint density at radius 2 is 2.09 bits per heavy atom. The molecule has 0 saturated carbocycles. The van der Waals surface area contributed by atoms with Gasteiger partial charge in [-0.3, -0.25) is 4.90 Å². The standard InChI is InChI=1S/C15H20F3N3S/c1-10(2)20-4-5-21-12(9-20)3-6-22-13-7-11(15(16,17)18)8-19-14(13)21/h7-8,10,12H,3-6,9H2,1-2H3/t12-/m0/s1. The minimum atomic E-state index is -4.33. The van der Waals surface area contributed by atoms with Crippen molar-refractivity contribution in [2.75, 3.05) is 30.3 Å². The summed E-state index contributed by atoms with van der Waals surface area (Å²) in [6.45, 7) is 7.09. The van der Waals surface area contributed by atoms with Crippen LogP contribution in [-0.2, 0) is 6.18 Å². The first-order valence-electron chi connectivity index (χ1n) is 7.57. The van der Waals surface area contributed by atoms with Crippen LogP contribution in [-0.4, -0.2) is 47.4 Å². The van der Waals surface area contributed by atoms with Crippen LogP contribution >= 0.6 is 11.8 Å². The lowest BCUT2D eigenvalue weighted by atomic mass is 10.1. The van der Waals surface area contributed by atoms with Gasteiger partial charge in [-0.1, -0.05) is 0 Å². The molecule has 0 spiro atoms. The van der Waals surface area contributed by atoms with Crippen LogP contribution in [0.25, 0.3) is 0 Å². The van der Waals surface area contributed by atoms with Crippen molar-refractivity contribution >= 4 is 17.6 Å². The van der Waals surface area contributed by atoms with Crippen molar-refractivity contribution in [2.24, 2.45) is 0 Å². The van der Waals surface area contributed by atoms with Crippen LogP contribution in [0.15, 0.2) is 17.2 Å². The van der Waals surface area contributed by atoms with Crippen molar-refractivity contribution in [3.05, 3.63) is 17.8 Å². The number of fused-ring (bicyclic) bond motifs is 3. The Morgan fingerprint density at radius 1 is 1.32 bits per heavy atom. The molecule has 1 aromatic rings. The third kappa shape index (κ3) is 3.06. The lowest BCUT2D eigenvalue weighted by molar-refractivity contribution is -0.138. The lowest BCUT2D eigenvalue weighted by Crippen LogP contribution is -2.55. The molecule has 0 aromatic carbocycles. The van der Waals surface area contributed by atoms with Crippen LogP contribution in [0.1, 0.15) is 25.8 Å². The Balaban J connectivity index is 1.89. The number of aromatic nitrogens is 1. The van der Waals surface area contributed by atoms with E-state index in [1.807, 2.05) is 0 Å². The predicted octanol–water partition coefficient (Wildman–Crippen LogP) is 3.50. The highest BCUT2D eigenvalue weighted by Gasteiger charge is 2.35. The first kappa shape index (κ1) is 15.9. The van der Waals surface area contributed by atoms with Crippen molar-refractivity contribution in [3.8, 4) is 0 Å². The molecule has 3 nitrogen and oxygen atoms in total. The molecule has 2 aliphatic rings. The van der Waals surface area contributed by atoms with E-state index in [2.05, 4.69) is 28.6 Å². The van der Waals surface area contributed by atoms with Crippen LogP contribution in [0.3, 0.4) is 0 Å². The molecule has 7 heteroatoms. The van der Waals surface area contributed by atoms with E-state index in [0.29, 0.717) is 17.0 Å². The van der Waals surface area contributed by atoms with Gasteiger partial charge in [-0.05, 0) is 26.3 Å². The summed E-state index contributed by atoms with van der Waals surface area (Å²) in [7, 11) is 0. The summed E-state index contributed by atoms with van der Waals surface area (Å²) in [5.74, 6) is 1.56. The second kappa shape index (κ2) is 5.92. The first-order valence-corrected chi connectivity index (χ1v) is 8.55. The Hall–Kier alpha value is -0.950. The number of hydrogen-bond acceptors (Lipinski definition) is 4. The number of hydrogen-bond donors (Lipinski definition) is 0. The maximum atomic E-state index is 12.9. The molecule has 0 aliphatic carbocycles. The fraction of sp³-hybridized carbons (Fsp3) is 0.667. The van der Waals surface area contributed by atoms with Crippen LogP contribution < -0.4 is 4.90 Å². The van der Waals surface area contributed by atoms with E-state index in [9.17, 15) is 13.2 Å². The molecule has 1 saturated heterocycles. The molecule has 0 amide bonds. The van der Waals surface area contributed by atoms with Crippen molar-refractivity contribution < 1.29 is 13.2 Å². The van der Waals surface area contributed by atoms with Gasteiger partial charge in [0.15, 0.2) is 0 Å². The van der Waals surface area contributed by atoms with Gasteiger partial charge in [0.05, 0.1) is 10.5 Å². The Kier molecular flexibility index (Phi) is 4.29. The zero-order chi connectivity index (χ0) is 15.9. The molecule has 0 radical (unpaired) electrons. The third-order valence-electron chi connectivity index (χ3n) is 4.39. The zero-order valence-corrected chi connectivity index (χ0v) is 13.5. The van der Waals surface area contributed by atoms with Crippen molar-refractivity contribution in [2.45, 2.75) is 43.4 Å². The van der Waals surface area contributed by atoms with Gasteiger partial charge in [0.25, 0.3) is 0 Å². The molecule has 2 aliphatic heterocycles. The first-order chi connectivity index (χ1) is 10.4. The molecule has 3 rings (SSSR count). The molecule has 1 atom stereocenters. The summed E-state index contributed by atoms with van der Waals surface area (Å²) in [4.78, 5) is 9.46. The van der Waals surface area contributed by atoms with E-state index < -0.39 is 11.7 Å². The largest absolute Gasteiger partial charge is 0.417 e. The lowest BCUT2D eigenvalue weighted by Gasteiger charge is -2.43. The number of pyridine rings is 1. The number of nitrogens with zero attached hydrogens (tertiary/aromatic N) is 3. The van der Waals surface area contributed by atoms with Crippen LogP contribution in [0.5, 0.6) is 0 Å². The van der Waals surface area contributed by atoms with E-state index in [1.165, 1.54) is 17.8 Å². The number of anilines is 1. The number of thioether (sulfide) groups is 1. The average Bonchev–Trinajstić information content (AvgIpc) is 2.64. The van der Waals surface area contributed by atoms with Crippen LogP contribution in [0.4, 0.5) is 19.0 Å². The molecule has 3 heterocycles. The summed E-state index contributed by atoms with van der Waals surface area (Å²) in [5.41, 5.74) is -0.655. The van der Waals surface area contributed by atoms with E-state index >= 15 is 0 Å². The van der Waals surface area contributed by atoms with Gasteiger partial charge in [0.2, 0.25) is 0 Å². The highest BCUT2D eigenvalue weighted by molar-refractivity contribution is 7.99. The normalized spacial score (nSPS) is 23.2. The van der Waals surface area contributed by atoms with E-state index in [4.69, 9.17) is 0 Å². The molecular weight excluding hydrogens is 311 g/mol. The topological polar surface area (TPSA) is 19.4 Å². The van der Waals surface area contributed by atoms with Crippen LogP contribution in [0, 0.1) is 0 Å². The summed E-state index contributed by atoms with van der Waals surface area (Å²) in [5, 5.41) is 0. The van der Waals surface area contributed by atoms with Crippen molar-refractivity contribution in [3.63, 3.8) is 0 Å². The van der Waals surface area contributed by atoms with Gasteiger partial charge in [0.1, 0.15) is 5.82 Å². The summed E-state index contributed by atoms with van der Waals surface area (Å²) >= 11 is 1.49. The maximum Gasteiger partial charge on any atom is 0.417 e. The molecule has 1 fully saturated rings. The fourth-order valence-electron chi connectivity index (χ4n) is 3.09. The average molecular weight is 331 g/mol. The van der Waals surface area contributed by atoms with Gasteiger partial charge in [-0.25, -0.2) is 4.98 Å². The molecule has 0 N–H and O–H groups in total. The summed E-state index contributed by atoms with van der Waals surface area (Å²) in [6, 6.07) is 2.09. The van der Waals surface area contributed by atoms with Crippen LogP contribution in [0.2, 0.25) is 0 Å². The number of rotatable bonds is 1. The summed E-state index contributed by atoms with van der Waals surface area (Å²) < 4.78 is 38.6. The van der Waals surface area contributed by atoms with Crippen molar-refractivity contribution in [1.29, 1.82) is 0 Å². The molecule has 0 unspecified atom stereocenters. The highest BCUT2D eigenvalue weighted by atomic mass is 32.2. The Bertz CT molecular complexity index is 547. The second-order valence-corrected chi connectivity index (χ2v) is 7.25. The summed E-state index contributed by atoms with van der Waals surface area (Å²) in [6.07, 6.45) is -2.38. The smallest absolute Gasteiger partial charge is 0.350 e. The molecule has 122 valence electrons. The van der Waals surface area contributed by atoms with Crippen molar-refractivity contribution in [1.82, 2.24) is 9.88 Å². The maximum absolute atomic E-state index is 12.9. The van der Waals surface area contributed by atoms with E-state index in [1.54, 1.807) is 0 Å². The van der Waals surface area contributed by atoms with Gasteiger partial charge < -0.3 is 4.90 Å². The van der Waals surface area contributed by atoms with Gasteiger partial charge >= 0.3 is 6.18 Å². The highest BCUT2D eigenvalue weighted by Crippen LogP contribution is 2.39. The molecule has 0 bridgehead atoms. The molecular formula is C15H20F3N3S. The Morgan fingerprint density at radius 3 is 2.77 bits per heavy atom. The second-order valence-electron chi connectivity index (χ2n) is 6.12. The zero-order valence-electron chi connectivity index (χ0n) is 12.7.